The number of hydrogen-bond acceptors (Lipinski definition) is 2. The first-order valence-electron chi connectivity index (χ1n) is 6.94. The standard InChI is InChI=1S/C16H22O2/c1-18-16(17)15(14-10-6-3-7-11-14)12-13-8-4-2-5-9-13/h3,6-7,10-11,13,15H,2,4-5,8-9,12H2,1H3. The molecule has 0 spiro atoms. The van der Waals surface area contributed by atoms with E-state index in [-0.39, 0.29) is 11.9 Å². The summed E-state index contributed by atoms with van der Waals surface area (Å²) in [6, 6.07) is 10.0. The lowest BCUT2D eigenvalue weighted by Gasteiger charge is -2.25. The molecule has 98 valence electrons. The second-order valence-electron chi connectivity index (χ2n) is 5.23. The molecule has 1 atom stereocenters. The third-order valence-corrected chi connectivity index (χ3v) is 3.98. The zero-order valence-electron chi connectivity index (χ0n) is 11.1. The summed E-state index contributed by atoms with van der Waals surface area (Å²) in [4.78, 5) is 12.0. The first kappa shape index (κ1) is 13.1. The fourth-order valence-corrected chi connectivity index (χ4v) is 2.95. The van der Waals surface area contributed by atoms with Crippen molar-refractivity contribution in [2.24, 2.45) is 5.92 Å². The predicted molar refractivity (Wildman–Crippen MR) is 72.4 cm³/mol. The first-order chi connectivity index (χ1) is 8.81. The Labute approximate surface area is 109 Å². The molecule has 18 heavy (non-hydrogen) atoms. The number of benzene rings is 1. The summed E-state index contributed by atoms with van der Waals surface area (Å²) in [7, 11) is 1.49. The third kappa shape index (κ3) is 3.34. The molecule has 2 rings (SSSR count). The predicted octanol–water partition coefficient (Wildman–Crippen LogP) is 3.91. The van der Waals surface area contributed by atoms with Gasteiger partial charge >= 0.3 is 5.97 Å². The van der Waals surface area contributed by atoms with E-state index < -0.39 is 0 Å². The van der Waals surface area contributed by atoms with Crippen LogP contribution < -0.4 is 0 Å². The number of carbonyl (C=O) groups excluding carboxylic acids is 1. The van der Waals surface area contributed by atoms with Gasteiger partial charge in [-0.3, -0.25) is 4.79 Å². The lowest BCUT2D eigenvalue weighted by Crippen LogP contribution is -2.19. The maximum absolute atomic E-state index is 12.0. The van der Waals surface area contributed by atoms with Crippen LogP contribution in [0.5, 0.6) is 0 Å². The van der Waals surface area contributed by atoms with Gasteiger partial charge in [0.25, 0.3) is 0 Å². The highest BCUT2D eigenvalue weighted by molar-refractivity contribution is 5.78. The molecule has 0 radical (unpaired) electrons. The molecule has 0 amide bonds. The van der Waals surface area contributed by atoms with Crippen LogP contribution >= 0.6 is 0 Å². The van der Waals surface area contributed by atoms with E-state index in [1.54, 1.807) is 0 Å². The van der Waals surface area contributed by atoms with E-state index >= 15 is 0 Å². The lowest BCUT2D eigenvalue weighted by molar-refractivity contribution is -0.143. The second kappa shape index (κ2) is 6.58. The van der Waals surface area contributed by atoms with E-state index in [9.17, 15) is 4.79 Å². The Balaban J connectivity index is 2.07. The molecule has 1 aromatic rings. The molecule has 1 aliphatic carbocycles. The minimum Gasteiger partial charge on any atom is -0.469 e. The molecule has 0 heterocycles. The summed E-state index contributed by atoms with van der Waals surface area (Å²) in [5.41, 5.74) is 1.09. The van der Waals surface area contributed by atoms with Crippen molar-refractivity contribution in [1.82, 2.24) is 0 Å². The van der Waals surface area contributed by atoms with Crippen LogP contribution in [0.2, 0.25) is 0 Å². The minimum atomic E-state index is -0.0910. The quantitative estimate of drug-likeness (QED) is 0.753. The molecule has 2 heteroatoms. The van der Waals surface area contributed by atoms with Crippen molar-refractivity contribution in [2.45, 2.75) is 44.4 Å². The maximum Gasteiger partial charge on any atom is 0.313 e. The van der Waals surface area contributed by atoms with Crippen LogP contribution in [-0.2, 0) is 9.53 Å². The molecular weight excluding hydrogens is 224 g/mol. The molecule has 0 bridgehead atoms. The van der Waals surface area contributed by atoms with Crippen molar-refractivity contribution in [2.75, 3.05) is 7.11 Å². The molecule has 2 nitrogen and oxygen atoms in total. The van der Waals surface area contributed by atoms with E-state index in [0.29, 0.717) is 5.92 Å². The maximum atomic E-state index is 12.0. The highest BCUT2D eigenvalue weighted by Crippen LogP contribution is 2.33. The van der Waals surface area contributed by atoms with Crippen LogP contribution in [0.4, 0.5) is 0 Å². The van der Waals surface area contributed by atoms with Crippen molar-refractivity contribution in [3.05, 3.63) is 35.9 Å². The number of hydrogen-bond donors (Lipinski definition) is 0. The Morgan fingerprint density at radius 2 is 1.89 bits per heavy atom. The molecule has 0 aromatic heterocycles. The van der Waals surface area contributed by atoms with Crippen LogP contribution in [0.25, 0.3) is 0 Å². The number of rotatable bonds is 4. The van der Waals surface area contributed by atoms with Crippen LogP contribution in [0.1, 0.15) is 50.0 Å². The SMILES string of the molecule is COC(=O)C(CC1CCCCC1)c1ccccc1. The summed E-state index contributed by atoms with van der Waals surface area (Å²) < 4.78 is 4.97. The van der Waals surface area contributed by atoms with Gasteiger partial charge in [0.15, 0.2) is 0 Å². The van der Waals surface area contributed by atoms with Gasteiger partial charge in [-0.25, -0.2) is 0 Å². The summed E-state index contributed by atoms with van der Waals surface area (Å²) in [6.07, 6.45) is 7.45. The van der Waals surface area contributed by atoms with E-state index in [1.165, 1.54) is 39.2 Å². The normalized spacial score (nSPS) is 18.3. The topological polar surface area (TPSA) is 26.3 Å². The average Bonchev–Trinajstić information content (AvgIpc) is 2.46. The van der Waals surface area contributed by atoms with Crippen molar-refractivity contribution < 1.29 is 9.53 Å². The van der Waals surface area contributed by atoms with Crippen LogP contribution in [-0.4, -0.2) is 13.1 Å². The van der Waals surface area contributed by atoms with Gasteiger partial charge in [-0.1, -0.05) is 62.4 Å². The molecule has 1 aliphatic rings. The fourth-order valence-electron chi connectivity index (χ4n) is 2.95. The summed E-state index contributed by atoms with van der Waals surface area (Å²) >= 11 is 0. The summed E-state index contributed by atoms with van der Waals surface area (Å²) in [6.45, 7) is 0. The zero-order chi connectivity index (χ0) is 12.8. The van der Waals surface area contributed by atoms with Gasteiger partial charge in [-0.15, -0.1) is 0 Å². The Morgan fingerprint density at radius 3 is 2.50 bits per heavy atom. The minimum absolute atomic E-state index is 0.0840. The average molecular weight is 246 g/mol. The molecule has 0 saturated heterocycles. The van der Waals surface area contributed by atoms with Crippen LogP contribution in [0.3, 0.4) is 0 Å². The van der Waals surface area contributed by atoms with E-state index in [4.69, 9.17) is 4.74 Å². The van der Waals surface area contributed by atoms with Crippen LogP contribution in [0, 0.1) is 5.92 Å². The van der Waals surface area contributed by atoms with Gasteiger partial charge < -0.3 is 4.74 Å². The van der Waals surface area contributed by atoms with Gasteiger partial charge in [0.05, 0.1) is 13.0 Å². The highest BCUT2D eigenvalue weighted by atomic mass is 16.5. The number of carbonyl (C=O) groups is 1. The molecule has 0 aliphatic heterocycles. The van der Waals surface area contributed by atoms with Gasteiger partial charge in [0.2, 0.25) is 0 Å². The molecular formula is C16H22O2. The van der Waals surface area contributed by atoms with Crippen molar-refractivity contribution in [3.8, 4) is 0 Å². The highest BCUT2D eigenvalue weighted by Gasteiger charge is 2.26. The third-order valence-electron chi connectivity index (χ3n) is 3.98. The Bertz CT molecular complexity index is 366. The van der Waals surface area contributed by atoms with E-state index in [2.05, 4.69) is 0 Å². The second-order valence-corrected chi connectivity index (χ2v) is 5.23. The molecule has 0 N–H and O–H groups in total. The van der Waals surface area contributed by atoms with Crippen molar-refractivity contribution >= 4 is 5.97 Å². The Morgan fingerprint density at radius 1 is 1.22 bits per heavy atom. The van der Waals surface area contributed by atoms with Crippen molar-refractivity contribution in [3.63, 3.8) is 0 Å². The molecule has 1 unspecified atom stereocenters. The number of ether oxygens (including phenoxy) is 1. The van der Waals surface area contributed by atoms with Gasteiger partial charge in [-0.2, -0.15) is 0 Å². The Hall–Kier alpha value is -1.31. The van der Waals surface area contributed by atoms with Gasteiger partial charge in [0.1, 0.15) is 0 Å². The Kier molecular flexibility index (Phi) is 4.80. The van der Waals surface area contributed by atoms with Crippen LogP contribution in [0.15, 0.2) is 30.3 Å². The summed E-state index contributed by atoms with van der Waals surface area (Å²) in [5.74, 6) is 0.508. The zero-order valence-corrected chi connectivity index (χ0v) is 11.1. The molecule has 1 fully saturated rings. The number of methoxy groups -OCH3 is 1. The van der Waals surface area contributed by atoms with E-state index in [0.717, 1.165) is 12.0 Å². The molecule has 1 saturated carbocycles. The van der Waals surface area contributed by atoms with Gasteiger partial charge in [0, 0.05) is 0 Å². The van der Waals surface area contributed by atoms with Crippen molar-refractivity contribution in [1.29, 1.82) is 0 Å². The largest absolute Gasteiger partial charge is 0.469 e. The first-order valence-corrected chi connectivity index (χ1v) is 6.94. The van der Waals surface area contributed by atoms with E-state index in [1.807, 2.05) is 30.3 Å². The number of esters is 1. The molecule has 1 aromatic carbocycles. The van der Waals surface area contributed by atoms with Gasteiger partial charge in [-0.05, 0) is 17.9 Å². The summed E-state index contributed by atoms with van der Waals surface area (Å²) in [5, 5.41) is 0. The lowest BCUT2D eigenvalue weighted by atomic mass is 9.80. The monoisotopic (exact) mass is 246 g/mol. The fraction of sp³-hybridized carbons (Fsp3) is 0.562. The smallest absolute Gasteiger partial charge is 0.313 e.